The number of nitro groups is 1. The van der Waals surface area contributed by atoms with Gasteiger partial charge in [-0.05, 0) is 41.1 Å². The predicted octanol–water partition coefficient (Wildman–Crippen LogP) is 5.92. The van der Waals surface area contributed by atoms with Crippen LogP contribution in [-0.4, -0.2) is 21.0 Å². The lowest BCUT2D eigenvalue weighted by Gasteiger charge is -2.09. The minimum Gasteiger partial charge on any atom is -0.478 e. The van der Waals surface area contributed by atoms with Crippen molar-refractivity contribution in [2.45, 2.75) is 0 Å². The number of carboxylic acids is 1. The van der Waals surface area contributed by atoms with Crippen molar-refractivity contribution in [2.75, 3.05) is 0 Å². The van der Waals surface area contributed by atoms with E-state index in [0.29, 0.717) is 33.7 Å². The van der Waals surface area contributed by atoms with E-state index in [1.165, 1.54) is 12.1 Å². The van der Waals surface area contributed by atoms with E-state index < -0.39 is 10.9 Å². The predicted molar refractivity (Wildman–Crippen MR) is 116 cm³/mol. The smallest absolute Gasteiger partial charge is 0.336 e. The molecule has 0 bridgehead atoms. The number of nitrogens with zero attached hydrogens (tertiary/aromatic N) is 2. The molecule has 0 aliphatic carbocycles. The summed E-state index contributed by atoms with van der Waals surface area (Å²) in [6, 6.07) is 22.2. The van der Waals surface area contributed by atoms with Gasteiger partial charge >= 0.3 is 5.97 Å². The van der Waals surface area contributed by atoms with Gasteiger partial charge in [0.05, 0.1) is 21.6 Å². The highest BCUT2D eigenvalue weighted by Crippen LogP contribution is 2.35. The number of carboxylic acid groups (broad SMARTS) is 1. The number of carbonyl (C=O) groups is 1. The summed E-state index contributed by atoms with van der Waals surface area (Å²) < 4.78 is 5.86. The van der Waals surface area contributed by atoms with E-state index in [-0.39, 0.29) is 11.3 Å². The van der Waals surface area contributed by atoms with Crippen LogP contribution in [0.2, 0.25) is 0 Å². The average molecular weight is 410 g/mol. The molecule has 0 atom stereocenters. The third kappa shape index (κ3) is 3.08. The molecule has 31 heavy (non-hydrogen) atoms. The van der Waals surface area contributed by atoms with Gasteiger partial charge in [-0.15, -0.1) is 0 Å². The monoisotopic (exact) mass is 410 g/mol. The zero-order chi connectivity index (χ0) is 21.5. The molecule has 2 heterocycles. The Morgan fingerprint density at radius 3 is 2.48 bits per heavy atom. The Bertz CT molecular complexity index is 1500. The van der Waals surface area contributed by atoms with Crippen LogP contribution in [0.3, 0.4) is 0 Å². The number of nitro benzene ring substituents is 1. The van der Waals surface area contributed by atoms with Crippen LogP contribution in [0.15, 0.2) is 83.3 Å². The van der Waals surface area contributed by atoms with Crippen LogP contribution >= 0.6 is 0 Å². The van der Waals surface area contributed by atoms with Gasteiger partial charge < -0.3 is 9.52 Å². The van der Waals surface area contributed by atoms with Crippen molar-refractivity contribution in [1.29, 1.82) is 0 Å². The second kappa shape index (κ2) is 7.07. The van der Waals surface area contributed by atoms with Crippen LogP contribution in [0.1, 0.15) is 10.4 Å². The topological polar surface area (TPSA) is 106 Å². The average Bonchev–Trinajstić information content (AvgIpc) is 3.28. The quantitative estimate of drug-likeness (QED) is 0.224. The standard InChI is InChI=1S/C24H14N2O5/c27-24(28)17-13-19(25-18-10-9-14-5-1-2-6-15(14)23(17)18)22-12-11-21(31-22)16-7-3-4-8-20(16)26(29)30/h1-13H,(H,27,28). The van der Waals surface area contributed by atoms with Crippen molar-refractivity contribution in [3.8, 4) is 22.8 Å². The lowest BCUT2D eigenvalue weighted by molar-refractivity contribution is -0.384. The SMILES string of the molecule is O=C(O)c1cc(-c2ccc(-c3ccccc3[N+](=O)[O-])o2)nc2ccc3ccccc3c12. The molecule has 7 nitrogen and oxygen atoms in total. The molecular weight excluding hydrogens is 396 g/mol. The molecule has 150 valence electrons. The third-order valence-electron chi connectivity index (χ3n) is 5.15. The molecule has 7 heteroatoms. The van der Waals surface area contributed by atoms with Crippen LogP contribution in [0.5, 0.6) is 0 Å². The molecule has 1 N–H and O–H groups in total. The van der Waals surface area contributed by atoms with Crippen LogP contribution in [0, 0.1) is 10.1 Å². The number of hydrogen-bond donors (Lipinski definition) is 1. The zero-order valence-electron chi connectivity index (χ0n) is 16.0. The first-order chi connectivity index (χ1) is 15.0. The molecular formula is C24H14N2O5. The minimum atomic E-state index is -1.07. The molecule has 0 aliphatic rings. The molecule has 0 fully saturated rings. The zero-order valence-corrected chi connectivity index (χ0v) is 16.0. The van der Waals surface area contributed by atoms with Gasteiger partial charge in [-0.25, -0.2) is 9.78 Å². The Kier molecular flexibility index (Phi) is 4.22. The van der Waals surface area contributed by atoms with Gasteiger partial charge in [0.15, 0.2) is 5.76 Å². The lowest BCUT2D eigenvalue weighted by Crippen LogP contribution is -2.00. The number of aromatic carboxylic acids is 1. The molecule has 0 unspecified atom stereocenters. The van der Waals surface area contributed by atoms with E-state index in [2.05, 4.69) is 4.98 Å². The first-order valence-electron chi connectivity index (χ1n) is 9.43. The fourth-order valence-corrected chi connectivity index (χ4v) is 3.76. The maximum Gasteiger partial charge on any atom is 0.336 e. The molecule has 2 aromatic heterocycles. The summed E-state index contributed by atoms with van der Waals surface area (Å²) in [7, 11) is 0. The fraction of sp³-hybridized carbons (Fsp3) is 0. The number of pyridine rings is 1. The van der Waals surface area contributed by atoms with Gasteiger partial charge in [-0.1, -0.05) is 42.5 Å². The summed E-state index contributed by atoms with van der Waals surface area (Å²) in [6.45, 7) is 0. The maximum atomic E-state index is 12.1. The Morgan fingerprint density at radius 2 is 1.68 bits per heavy atom. The van der Waals surface area contributed by atoms with E-state index in [1.807, 2.05) is 30.3 Å². The van der Waals surface area contributed by atoms with Crippen LogP contribution < -0.4 is 0 Å². The van der Waals surface area contributed by atoms with E-state index >= 15 is 0 Å². The summed E-state index contributed by atoms with van der Waals surface area (Å²) in [5.41, 5.74) is 1.24. The highest BCUT2D eigenvalue weighted by atomic mass is 16.6. The molecule has 0 saturated heterocycles. The van der Waals surface area contributed by atoms with E-state index in [9.17, 15) is 20.0 Å². The fourth-order valence-electron chi connectivity index (χ4n) is 3.76. The summed E-state index contributed by atoms with van der Waals surface area (Å²) in [4.78, 5) is 27.5. The van der Waals surface area contributed by atoms with Gasteiger partial charge in [0, 0.05) is 11.5 Å². The molecule has 0 saturated carbocycles. The first-order valence-corrected chi connectivity index (χ1v) is 9.43. The normalized spacial score (nSPS) is 11.1. The van der Waals surface area contributed by atoms with Crippen molar-refractivity contribution in [3.05, 3.63) is 94.5 Å². The lowest BCUT2D eigenvalue weighted by atomic mass is 10.00. The first kappa shape index (κ1) is 18.5. The van der Waals surface area contributed by atoms with Gasteiger partial charge in [0.25, 0.3) is 5.69 Å². The number of furan rings is 1. The van der Waals surface area contributed by atoms with Crippen molar-refractivity contribution in [3.63, 3.8) is 0 Å². The number of fused-ring (bicyclic) bond motifs is 3. The van der Waals surface area contributed by atoms with Gasteiger partial charge in [0.1, 0.15) is 11.5 Å². The highest BCUT2D eigenvalue weighted by Gasteiger charge is 2.20. The largest absolute Gasteiger partial charge is 0.478 e. The summed E-state index contributed by atoms with van der Waals surface area (Å²) in [5, 5.41) is 23.5. The Balaban J connectivity index is 1.70. The second-order valence-electron chi connectivity index (χ2n) is 6.98. The Hall–Kier alpha value is -4.52. The summed E-state index contributed by atoms with van der Waals surface area (Å²) >= 11 is 0. The minimum absolute atomic E-state index is 0.0763. The Labute approximate surface area is 175 Å². The summed E-state index contributed by atoms with van der Waals surface area (Å²) in [6.07, 6.45) is 0. The molecule has 3 aromatic carbocycles. The molecule has 0 radical (unpaired) electrons. The van der Waals surface area contributed by atoms with Crippen LogP contribution in [0.4, 0.5) is 5.69 Å². The molecule has 0 spiro atoms. The Morgan fingerprint density at radius 1 is 0.935 bits per heavy atom. The highest BCUT2D eigenvalue weighted by molar-refractivity contribution is 6.15. The number of aromatic nitrogens is 1. The molecule has 0 amide bonds. The molecule has 5 aromatic rings. The van der Waals surface area contributed by atoms with Crippen molar-refractivity contribution in [1.82, 2.24) is 4.98 Å². The van der Waals surface area contributed by atoms with Gasteiger partial charge in [0.2, 0.25) is 0 Å². The third-order valence-corrected chi connectivity index (χ3v) is 5.15. The maximum absolute atomic E-state index is 12.1. The van der Waals surface area contributed by atoms with Crippen molar-refractivity contribution >= 4 is 33.3 Å². The second-order valence-corrected chi connectivity index (χ2v) is 6.98. The molecule has 0 aliphatic heterocycles. The number of para-hydroxylation sites is 1. The van der Waals surface area contributed by atoms with Crippen LogP contribution in [0.25, 0.3) is 44.5 Å². The van der Waals surface area contributed by atoms with Crippen molar-refractivity contribution < 1.29 is 19.2 Å². The van der Waals surface area contributed by atoms with Crippen molar-refractivity contribution in [2.24, 2.45) is 0 Å². The van der Waals surface area contributed by atoms with Crippen LogP contribution in [-0.2, 0) is 0 Å². The number of rotatable bonds is 4. The summed E-state index contributed by atoms with van der Waals surface area (Å²) in [5.74, 6) is -0.444. The number of hydrogen-bond acceptors (Lipinski definition) is 5. The van der Waals surface area contributed by atoms with Gasteiger partial charge in [-0.2, -0.15) is 0 Å². The van der Waals surface area contributed by atoms with E-state index in [1.54, 1.807) is 36.4 Å². The van der Waals surface area contributed by atoms with E-state index in [0.717, 1.165) is 10.8 Å². The molecule has 5 rings (SSSR count). The van der Waals surface area contributed by atoms with E-state index in [4.69, 9.17) is 4.42 Å². The number of benzene rings is 3. The van der Waals surface area contributed by atoms with Gasteiger partial charge in [-0.3, -0.25) is 10.1 Å².